The molecule has 0 unspecified atom stereocenters. The molecule has 2 aromatic heterocycles. The van der Waals surface area contributed by atoms with Gasteiger partial charge in [0, 0.05) is 30.4 Å². The van der Waals surface area contributed by atoms with Gasteiger partial charge in [-0.3, -0.25) is 19.6 Å². The molecule has 0 aliphatic rings. The molecule has 0 bridgehead atoms. The van der Waals surface area contributed by atoms with Crippen molar-refractivity contribution in [2.75, 3.05) is 0 Å². The largest absolute Gasteiger partial charge is 0.488 e. The second kappa shape index (κ2) is 14.0. The number of hydrogen-bond acceptors (Lipinski definition) is 6. The zero-order valence-corrected chi connectivity index (χ0v) is 20.2. The number of rotatable bonds is 4. The van der Waals surface area contributed by atoms with Crippen LogP contribution in [-0.2, 0) is 6.18 Å². The fourth-order valence-corrected chi connectivity index (χ4v) is 2.97. The van der Waals surface area contributed by atoms with Gasteiger partial charge >= 0.3 is 13.3 Å². The van der Waals surface area contributed by atoms with Crippen molar-refractivity contribution in [3.8, 4) is 11.1 Å². The molecule has 190 valence electrons. The molecule has 0 saturated heterocycles. The third-order valence-corrected chi connectivity index (χ3v) is 5.15. The van der Waals surface area contributed by atoms with Crippen molar-refractivity contribution in [3.63, 3.8) is 0 Å². The highest BCUT2D eigenvalue weighted by molar-refractivity contribution is 6.58. The Kier molecular flexibility index (Phi) is 11.1. The summed E-state index contributed by atoms with van der Waals surface area (Å²) in [5, 5.41) is 17.6. The van der Waals surface area contributed by atoms with Gasteiger partial charge in [-0.1, -0.05) is 65.7 Å². The number of aryl methyl sites for hydroxylation is 1. The molecule has 4 aromatic rings. The maximum Gasteiger partial charge on any atom is 0.488 e. The number of carbonyl (C=O) groups is 2. The third kappa shape index (κ3) is 9.27. The number of benzene rings is 2. The quantitative estimate of drug-likeness (QED) is 0.291. The molecule has 0 saturated carbocycles. The summed E-state index contributed by atoms with van der Waals surface area (Å²) < 4.78 is 36.0. The fraction of sp³-hybridized carbons (Fsp3) is 0.0769. The highest BCUT2D eigenvalue weighted by Gasteiger charge is 2.30. The molecule has 4 rings (SSSR count). The molecule has 0 atom stereocenters. The van der Waals surface area contributed by atoms with Gasteiger partial charge in [0.15, 0.2) is 12.6 Å². The van der Waals surface area contributed by atoms with Gasteiger partial charge in [-0.05, 0) is 35.6 Å². The van der Waals surface area contributed by atoms with E-state index in [0.717, 1.165) is 41.7 Å². The molecule has 0 aliphatic heterocycles. The van der Waals surface area contributed by atoms with Gasteiger partial charge in [0.1, 0.15) is 0 Å². The summed E-state index contributed by atoms with van der Waals surface area (Å²) in [4.78, 5) is 28.6. The second-order valence-electron chi connectivity index (χ2n) is 7.46. The van der Waals surface area contributed by atoms with Crippen LogP contribution in [0.3, 0.4) is 0 Å². The van der Waals surface area contributed by atoms with Crippen LogP contribution < -0.4 is 5.46 Å². The first kappa shape index (κ1) is 29.4. The van der Waals surface area contributed by atoms with Crippen LogP contribution in [0, 0.1) is 6.92 Å². The van der Waals surface area contributed by atoms with Gasteiger partial charge < -0.3 is 10.0 Å². The standard InChI is InChI=1S/C13H11NO.C7H6BF3O2.C6H4ClNO/c1-10-2-4-11(5-3-10)13-6-7-14-8-12(13)9-15;9-7(10,11)5-1-3-6(4-2-5)8(12)13;7-6-1-2-8-3-5(6)4-9/h2-9H,1H3;1-4,12-13H;1-4H. The predicted molar refractivity (Wildman–Crippen MR) is 136 cm³/mol. The van der Waals surface area contributed by atoms with Crippen LogP contribution >= 0.6 is 11.6 Å². The average Bonchev–Trinajstić information content (AvgIpc) is 2.90. The van der Waals surface area contributed by atoms with Crippen molar-refractivity contribution in [1.82, 2.24) is 9.97 Å². The SMILES string of the molecule is Cc1ccc(-c2ccncc2C=O)cc1.O=Cc1cnccc1Cl.OB(O)c1ccc(C(F)(F)F)cc1. The van der Waals surface area contributed by atoms with E-state index in [1.54, 1.807) is 18.5 Å². The maximum absolute atomic E-state index is 12.0. The number of alkyl halides is 3. The number of aldehydes is 2. The third-order valence-electron chi connectivity index (χ3n) is 4.80. The molecule has 2 aromatic carbocycles. The Bertz CT molecular complexity index is 1300. The molecule has 0 amide bonds. The number of nitrogens with zero attached hydrogens (tertiary/aromatic N) is 2. The summed E-state index contributed by atoms with van der Waals surface area (Å²) in [6.07, 6.45) is 3.37. The van der Waals surface area contributed by atoms with Crippen LogP contribution in [0.4, 0.5) is 13.2 Å². The molecule has 2 N–H and O–H groups in total. The number of pyridine rings is 2. The molecule has 6 nitrogen and oxygen atoms in total. The van der Waals surface area contributed by atoms with Gasteiger partial charge in [-0.2, -0.15) is 13.2 Å². The van der Waals surface area contributed by atoms with Gasteiger partial charge in [0.05, 0.1) is 16.1 Å². The van der Waals surface area contributed by atoms with Crippen molar-refractivity contribution in [3.05, 3.63) is 113 Å². The lowest BCUT2D eigenvalue weighted by Gasteiger charge is -2.06. The number of halogens is 4. The summed E-state index contributed by atoms with van der Waals surface area (Å²) >= 11 is 5.55. The lowest BCUT2D eigenvalue weighted by Crippen LogP contribution is -2.29. The van der Waals surface area contributed by atoms with Crippen molar-refractivity contribution in [2.45, 2.75) is 13.1 Å². The number of aromatic nitrogens is 2. The first-order valence-electron chi connectivity index (χ1n) is 10.6. The topological polar surface area (TPSA) is 100 Å². The Balaban J connectivity index is 0.000000201. The van der Waals surface area contributed by atoms with E-state index in [4.69, 9.17) is 21.6 Å². The monoisotopic (exact) mass is 528 g/mol. The van der Waals surface area contributed by atoms with E-state index in [-0.39, 0.29) is 5.46 Å². The molecule has 2 heterocycles. The molecule has 0 radical (unpaired) electrons. The highest BCUT2D eigenvalue weighted by Crippen LogP contribution is 2.28. The van der Waals surface area contributed by atoms with Crippen LogP contribution in [0.2, 0.25) is 5.02 Å². The Labute approximate surface area is 216 Å². The van der Waals surface area contributed by atoms with Crippen LogP contribution in [0.1, 0.15) is 31.8 Å². The van der Waals surface area contributed by atoms with E-state index in [0.29, 0.717) is 22.4 Å². The van der Waals surface area contributed by atoms with Crippen molar-refractivity contribution < 1.29 is 32.8 Å². The molecule has 0 spiro atoms. The zero-order valence-electron chi connectivity index (χ0n) is 19.4. The minimum Gasteiger partial charge on any atom is -0.423 e. The highest BCUT2D eigenvalue weighted by atomic mass is 35.5. The average molecular weight is 529 g/mol. The Morgan fingerprint density at radius 1 is 0.811 bits per heavy atom. The number of carbonyl (C=O) groups excluding carboxylic acids is 2. The van der Waals surface area contributed by atoms with Gasteiger partial charge in [0.2, 0.25) is 0 Å². The first-order valence-corrected chi connectivity index (χ1v) is 11.0. The zero-order chi connectivity index (χ0) is 27.4. The lowest BCUT2D eigenvalue weighted by atomic mass is 9.80. The molecule has 11 heteroatoms. The van der Waals surface area contributed by atoms with Crippen LogP contribution in [0.25, 0.3) is 11.1 Å². The summed E-state index contributed by atoms with van der Waals surface area (Å²) in [5.74, 6) is 0. The van der Waals surface area contributed by atoms with E-state index in [9.17, 15) is 22.8 Å². The Hall–Kier alpha value is -3.86. The van der Waals surface area contributed by atoms with Crippen LogP contribution in [0.5, 0.6) is 0 Å². The predicted octanol–water partition coefficient (Wildman–Crippen LogP) is 4.80. The summed E-state index contributed by atoms with van der Waals surface area (Å²) in [6, 6.07) is 15.2. The van der Waals surface area contributed by atoms with Crippen molar-refractivity contribution in [1.29, 1.82) is 0 Å². The van der Waals surface area contributed by atoms with Gasteiger partial charge in [-0.15, -0.1) is 0 Å². The molecular weight excluding hydrogens is 508 g/mol. The minimum absolute atomic E-state index is 0.0352. The van der Waals surface area contributed by atoms with Crippen LogP contribution in [-0.4, -0.2) is 39.7 Å². The van der Waals surface area contributed by atoms with E-state index in [1.807, 2.05) is 37.3 Å². The fourth-order valence-electron chi connectivity index (χ4n) is 2.82. The second-order valence-corrected chi connectivity index (χ2v) is 7.86. The molecule has 37 heavy (non-hydrogen) atoms. The van der Waals surface area contributed by atoms with Crippen molar-refractivity contribution >= 4 is 36.8 Å². The number of hydrogen-bond donors (Lipinski definition) is 2. The summed E-state index contributed by atoms with van der Waals surface area (Å²) in [7, 11) is -1.73. The van der Waals surface area contributed by atoms with E-state index < -0.39 is 18.9 Å². The van der Waals surface area contributed by atoms with E-state index in [1.165, 1.54) is 18.0 Å². The molecule has 0 aliphatic carbocycles. The smallest absolute Gasteiger partial charge is 0.423 e. The minimum atomic E-state index is -4.39. The normalized spacial score (nSPS) is 10.2. The first-order chi connectivity index (χ1) is 17.6. The summed E-state index contributed by atoms with van der Waals surface area (Å²) in [5.41, 5.74) is 3.47. The van der Waals surface area contributed by atoms with Crippen LogP contribution in [0.15, 0.2) is 85.5 Å². The van der Waals surface area contributed by atoms with Gasteiger partial charge in [0.25, 0.3) is 0 Å². The molecule has 0 fully saturated rings. The Morgan fingerprint density at radius 3 is 1.81 bits per heavy atom. The van der Waals surface area contributed by atoms with Crippen molar-refractivity contribution in [2.24, 2.45) is 0 Å². The molecular formula is C26H21BClF3N2O4. The lowest BCUT2D eigenvalue weighted by molar-refractivity contribution is -0.137. The van der Waals surface area contributed by atoms with E-state index in [2.05, 4.69) is 9.97 Å². The maximum atomic E-state index is 12.0. The van der Waals surface area contributed by atoms with E-state index >= 15 is 0 Å². The van der Waals surface area contributed by atoms with Gasteiger partial charge in [-0.25, -0.2) is 0 Å². The Morgan fingerprint density at radius 2 is 1.35 bits per heavy atom. The summed E-state index contributed by atoms with van der Waals surface area (Å²) in [6.45, 7) is 2.04.